The fourth-order valence-corrected chi connectivity index (χ4v) is 2.27. The number of nitrogens with one attached hydrogen (secondary N) is 2. The molecule has 3 N–H and O–H groups in total. The van der Waals surface area contributed by atoms with Crippen LogP contribution in [0.5, 0.6) is 0 Å². The topological polar surface area (TPSA) is 61.4 Å². The van der Waals surface area contributed by atoms with Crippen LogP contribution in [0.2, 0.25) is 0 Å². The van der Waals surface area contributed by atoms with E-state index in [1.54, 1.807) is 0 Å². The summed E-state index contributed by atoms with van der Waals surface area (Å²) in [6.07, 6.45) is 0.593. The normalized spacial score (nSPS) is 13.2. The molecule has 110 valence electrons. The summed E-state index contributed by atoms with van der Waals surface area (Å²) < 4.78 is 0. The van der Waals surface area contributed by atoms with Crippen molar-refractivity contribution in [3.8, 4) is 0 Å². The number of amides is 2. The van der Waals surface area contributed by atoms with Gasteiger partial charge in [0.1, 0.15) is 0 Å². The molecule has 0 saturated heterocycles. The average molecular weight is 284 g/mol. The number of aliphatic hydroxyl groups excluding tert-OH is 1. The van der Waals surface area contributed by atoms with Crippen molar-refractivity contribution in [1.82, 2.24) is 5.32 Å². The number of anilines is 1. The predicted octanol–water partition coefficient (Wildman–Crippen LogP) is 3.11. The number of urea groups is 1. The quantitative estimate of drug-likeness (QED) is 0.790. The van der Waals surface area contributed by atoms with E-state index in [1.807, 2.05) is 67.6 Å². The fourth-order valence-electron chi connectivity index (χ4n) is 2.27. The Morgan fingerprint density at radius 2 is 1.62 bits per heavy atom. The van der Waals surface area contributed by atoms with E-state index in [0.717, 1.165) is 5.56 Å². The number of aliphatic hydroxyl groups is 1. The summed E-state index contributed by atoms with van der Waals surface area (Å²) in [5.41, 5.74) is 0.823. The number of hydrogen-bond donors (Lipinski definition) is 3. The molecule has 0 aliphatic heterocycles. The highest BCUT2D eigenvalue weighted by Gasteiger charge is 2.31. The van der Waals surface area contributed by atoms with Crippen molar-refractivity contribution in [3.05, 3.63) is 66.2 Å². The van der Waals surface area contributed by atoms with Gasteiger partial charge in [0.15, 0.2) is 0 Å². The van der Waals surface area contributed by atoms with Gasteiger partial charge in [0.25, 0.3) is 0 Å². The minimum Gasteiger partial charge on any atom is -0.394 e. The minimum absolute atomic E-state index is 0.157. The number of carbonyl (C=O) groups excluding carboxylic acids is 1. The first-order valence-corrected chi connectivity index (χ1v) is 7.01. The van der Waals surface area contributed by atoms with Crippen LogP contribution in [0.4, 0.5) is 10.5 Å². The molecule has 0 aliphatic carbocycles. The van der Waals surface area contributed by atoms with Crippen LogP contribution in [-0.4, -0.2) is 17.7 Å². The van der Waals surface area contributed by atoms with Crippen LogP contribution in [0.1, 0.15) is 18.9 Å². The average Bonchev–Trinajstić information content (AvgIpc) is 2.54. The first-order chi connectivity index (χ1) is 10.2. The molecule has 0 bridgehead atoms. The summed E-state index contributed by atoms with van der Waals surface area (Å²) in [5, 5.41) is 15.5. The maximum absolute atomic E-state index is 12.2. The summed E-state index contributed by atoms with van der Waals surface area (Å²) in [6.45, 7) is 1.78. The maximum atomic E-state index is 12.2. The molecule has 2 rings (SSSR count). The molecule has 2 amide bonds. The molecular formula is C17H20N2O2. The van der Waals surface area contributed by atoms with Crippen molar-refractivity contribution in [2.45, 2.75) is 18.9 Å². The third-order valence-corrected chi connectivity index (χ3v) is 3.58. The van der Waals surface area contributed by atoms with Crippen molar-refractivity contribution in [2.24, 2.45) is 0 Å². The molecule has 4 nitrogen and oxygen atoms in total. The van der Waals surface area contributed by atoms with E-state index in [1.165, 1.54) is 0 Å². The van der Waals surface area contributed by atoms with Gasteiger partial charge in [0.2, 0.25) is 0 Å². The molecule has 0 aliphatic rings. The van der Waals surface area contributed by atoms with Gasteiger partial charge in [-0.15, -0.1) is 0 Å². The van der Waals surface area contributed by atoms with E-state index in [0.29, 0.717) is 12.1 Å². The molecule has 0 fully saturated rings. The van der Waals surface area contributed by atoms with Gasteiger partial charge in [-0.3, -0.25) is 0 Å². The van der Waals surface area contributed by atoms with E-state index in [9.17, 15) is 9.90 Å². The standard InChI is InChI=1S/C17H20N2O2/c1-2-17(13-20,14-9-5-3-6-10-14)19-16(21)18-15-11-7-4-8-12-15/h3-12,20H,2,13H2,1H3,(H2,18,19,21). The first kappa shape index (κ1) is 15.1. The monoisotopic (exact) mass is 284 g/mol. The number of benzene rings is 2. The van der Waals surface area contributed by atoms with E-state index in [2.05, 4.69) is 10.6 Å². The lowest BCUT2D eigenvalue weighted by atomic mass is 9.88. The van der Waals surface area contributed by atoms with Crippen molar-refractivity contribution in [2.75, 3.05) is 11.9 Å². The third kappa shape index (κ3) is 3.61. The zero-order valence-electron chi connectivity index (χ0n) is 12.0. The largest absolute Gasteiger partial charge is 0.394 e. The Hall–Kier alpha value is -2.33. The molecule has 2 aromatic rings. The van der Waals surface area contributed by atoms with Crippen molar-refractivity contribution < 1.29 is 9.90 Å². The van der Waals surface area contributed by atoms with Gasteiger partial charge in [0, 0.05) is 5.69 Å². The Bertz CT molecular complexity index is 566. The van der Waals surface area contributed by atoms with Gasteiger partial charge in [-0.25, -0.2) is 4.79 Å². The van der Waals surface area contributed by atoms with E-state index < -0.39 is 5.54 Å². The summed E-state index contributed by atoms with van der Waals surface area (Å²) in [6, 6.07) is 18.4. The van der Waals surface area contributed by atoms with Gasteiger partial charge in [-0.1, -0.05) is 55.5 Å². The van der Waals surface area contributed by atoms with Crippen LogP contribution >= 0.6 is 0 Å². The Kier molecular flexibility index (Phi) is 4.95. The summed E-state index contributed by atoms with van der Waals surface area (Å²) >= 11 is 0. The molecule has 1 unspecified atom stereocenters. The summed E-state index contributed by atoms with van der Waals surface area (Å²) in [5.74, 6) is 0. The Morgan fingerprint density at radius 1 is 1.05 bits per heavy atom. The van der Waals surface area contributed by atoms with Crippen LogP contribution < -0.4 is 10.6 Å². The molecule has 0 aromatic heterocycles. The SMILES string of the molecule is CCC(CO)(NC(=O)Nc1ccccc1)c1ccccc1. The molecule has 2 aromatic carbocycles. The zero-order valence-corrected chi connectivity index (χ0v) is 12.0. The molecule has 0 saturated carbocycles. The highest BCUT2D eigenvalue weighted by atomic mass is 16.3. The van der Waals surface area contributed by atoms with E-state index >= 15 is 0 Å². The molecule has 21 heavy (non-hydrogen) atoms. The Morgan fingerprint density at radius 3 is 2.14 bits per heavy atom. The molecule has 0 heterocycles. The van der Waals surface area contributed by atoms with Crippen LogP contribution in [0.3, 0.4) is 0 Å². The van der Waals surface area contributed by atoms with Crippen LogP contribution in [0.15, 0.2) is 60.7 Å². The van der Waals surface area contributed by atoms with Gasteiger partial charge < -0.3 is 15.7 Å². The van der Waals surface area contributed by atoms with Crippen LogP contribution in [0.25, 0.3) is 0 Å². The van der Waals surface area contributed by atoms with Crippen LogP contribution in [-0.2, 0) is 5.54 Å². The lowest BCUT2D eigenvalue weighted by Gasteiger charge is -2.32. The highest BCUT2D eigenvalue weighted by molar-refractivity contribution is 5.89. The molecule has 4 heteroatoms. The Labute approximate surface area is 124 Å². The second-order valence-electron chi connectivity index (χ2n) is 4.90. The smallest absolute Gasteiger partial charge is 0.320 e. The lowest BCUT2D eigenvalue weighted by molar-refractivity contribution is 0.159. The number of carbonyl (C=O) groups is 1. The number of para-hydroxylation sites is 1. The maximum Gasteiger partial charge on any atom is 0.320 e. The van der Waals surface area contributed by atoms with Gasteiger partial charge in [-0.05, 0) is 24.1 Å². The third-order valence-electron chi connectivity index (χ3n) is 3.58. The highest BCUT2D eigenvalue weighted by Crippen LogP contribution is 2.24. The zero-order chi connectivity index (χ0) is 15.1. The van der Waals surface area contributed by atoms with Crippen molar-refractivity contribution in [3.63, 3.8) is 0 Å². The van der Waals surface area contributed by atoms with Crippen molar-refractivity contribution in [1.29, 1.82) is 0 Å². The molecule has 0 spiro atoms. The van der Waals surface area contributed by atoms with E-state index in [4.69, 9.17) is 0 Å². The second-order valence-corrected chi connectivity index (χ2v) is 4.90. The Balaban J connectivity index is 2.15. The van der Waals surface area contributed by atoms with Crippen molar-refractivity contribution >= 4 is 11.7 Å². The molecular weight excluding hydrogens is 264 g/mol. The predicted molar refractivity (Wildman–Crippen MR) is 84.1 cm³/mol. The van der Waals surface area contributed by atoms with Gasteiger partial charge in [-0.2, -0.15) is 0 Å². The summed E-state index contributed by atoms with van der Waals surface area (Å²) in [4.78, 5) is 12.2. The van der Waals surface area contributed by atoms with E-state index in [-0.39, 0.29) is 12.6 Å². The molecule has 0 radical (unpaired) electrons. The van der Waals surface area contributed by atoms with Gasteiger partial charge in [0.05, 0.1) is 12.1 Å². The molecule has 1 atom stereocenters. The summed E-state index contributed by atoms with van der Waals surface area (Å²) in [7, 11) is 0. The first-order valence-electron chi connectivity index (χ1n) is 7.01. The second kappa shape index (κ2) is 6.90. The van der Waals surface area contributed by atoms with Gasteiger partial charge >= 0.3 is 6.03 Å². The van der Waals surface area contributed by atoms with Crippen LogP contribution in [0, 0.1) is 0 Å². The number of hydrogen-bond acceptors (Lipinski definition) is 2. The lowest BCUT2D eigenvalue weighted by Crippen LogP contribution is -2.49. The minimum atomic E-state index is -0.778. The number of rotatable bonds is 5. The fraction of sp³-hybridized carbons (Fsp3) is 0.235.